The summed E-state index contributed by atoms with van der Waals surface area (Å²) in [5, 5.41) is 0. The highest BCUT2D eigenvalue weighted by molar-refractivity contribution is 5.67. The lowest BCUT2D eigenvalue weighted by atomic mass is 10.0. The summed E-state index contributed by atoms with van der Waals surface area (Å²) in [6.07, 6.45) is 6.18. The largest absolute Gasteiger partial charge is 0.0961 e. The highest BCUT2D eigenvalue weighted by Crippen LogP contribution is 2.17. The van der Waals surface area contributed by atoms with Crippen LogP contribution < -0.4 is 0 Å². The molecule has 0 heterocycles. The Balaban J connectivity index is 2.90. The molecule has 0 aromatic heterocycles. The minimum atomic E-state index is 1.07. The average Bonchev–Trinajstić information content (AvgIpc) is 2.17. The van der Waals surface area contributed by atoms with Crippen molar-refractivity contribution in [1.82, 2.24) is 0 Å². The molecule has 0 spiro atoms. The van der Waals surface area contributed by atoms with E-state index in [4.69, 9.17) is 0 Å². The van der Waals surface area contributed by atoms with Gasteiger partial charge < -0.3 is 0 Å². The van der Waals surface area contributed by atoms with E-state index in [1.165, 1.54) is 16.7 Å². The van der Waals surface area contributed by atoms with Crippen LogP contribution in [0.5, 0.6) is 0 Å². The second-order valence-electron chi connectivity index (χ2n) is 3.87. The number of hydrogen-bond donors (Lipinski definition) is 0. The van der Waals surface area contributed by atoms with E-state index in [2.05, 4.69) is 50.8 Å². The van der Waals surface area contributed by atoms with Crippen molar-refractivity contribution in [1.29, 1.82) is 0 Å². The molecule has 0 aliphatic carbocycles. The van der Waals surface area contributed by atoms with E-state index in [1.807, 2.05) is 19.1 Å². The smallest absolute Gasteiger partial charge is 0.0198 e. The van der Waals surface area contributed by atoms with Gasteiger partial charge in [-0.05, 0) is 37.5 Å². The van der Waals surface area contributed by atoms with Gasteiger partial charge in [0, 0.05) is 0 Å². The highest BCUT2D eigenvalue weighted by Gasteiger charge is 1.96. The molecular weight excluding hydrogens is 180 g/mol. The van der Waals surface area contributed by atoms with Gasteiger partial charge in [0.1, 0.15) is 0 Å². The summed E-state index contributed by atoms with van der Waals surface area (Å²) < 4.78 is 0. The van der Waals surface area contributed by atoms with Gasteiger partial charge in [-0.1, -0.05) is 54.6 Å². The Morgan fingerprint density at radius 3 is 2.47 bits per heavy atom. The van der Waals surface area contributed by atoms with E-state index in [-0.39, 0.29) is 0 Å². The first-order valence-electron chi connectivity index (χ1n) is 5.17. The van der Waals surface area contributed by atoms with E-state index in [1.54, 1.807) is 0 Å². The van der Waals surface area contributed by atoms with Gasteiger partial charge >= 0.3 is 0 Å². The summed E-state index contributed by atoms with van der Waals surface area (Å²) >= 11 is 0. The van der Waals surface area contributed by atoms with E-state index >= 15 is 0 Å². The van der Waals surface area contributed by atoms with Gasteiger partial charge in [0.2, 0.25) is 0 Å². The normalized spacial score (nSPS) is 12.1. The maximum Gasteiger partial charge on any atom is -0.0198 e. The van der Waals surface area contributed by atoms with Crippen LogP contribution >= 0.6 is 0 Å². The monoisotopic (exact) mass is 198 g/mol. The van der Waals surface area contributed by atoms with Crippen molar-refractivity contribution >= 4 is 5.57 Å². The van der Waals surface area contributed by atoms with Gasteiger partial charge in [-0.25, -0.2) is 0 Å². The van der Waals surface area contributed by atoms with Crippen LogP contribution in [0.3, 0.4) is 0 Å². The summed E-state index contributed by atoms with van der Waals surface area (Å²) in [5.41, 5.74) is 4.98. The van der Waals surface area contributed by atoms with E-state index < -0.39 is 0 Å². The second-order valence-corrected chi connectivity index (χ2v) is 3.87. The Morgan fingerprint density at radius 1 is 1.20 bits per heavy atom. The summed E-state index contributed by atoms with van der Waals surface area (Å²) in [5.74, 6) is 0. The van der Waals surface area contributed by atoms with Crippen LogP contribution in [0.1, 0.15) is 25.0 Å². The molecular formula is C15H18. The van der Waals surface area contributed by atoms with Gasteiger partial charge in [0.05, 0.1) is 0 Å². The minimum Gasteiger partial charge on any atom is -0.0961 e. The van der Waals surface area contributed by atoms with Crippen molar-refractivity contribution in [2.24, 2.45) is 0 Å². The molecule has 0 unspecified atom stereocenters. The zero-order chi connectivity index (χ0) is 11.3. The zero-order valence-corrected chi connectivity index (χ0v) is 9.75. The van der Waals surface area contributed by atoms with Crippen LogP contribution in [0.4, 0.5) is 0 Å². The number of rotatable bonds is 3. The maximum absolute atomic E-state index is 3.83. The molecule has 15 heavy (non-hydrogen) atoms. The Morgan fingerprint density at radius 2 is 1.87 bits per heavy atom. The number of benzene rings is 1. The lowest BCUT2D eigenvalue weighted by Crippen LogP contribution is -1.83. The van der Waals surface area contributed by atoms with Crippen molar-refractivity contribution in [3.8, 4) is 0 Å². The van der Waals surface area contributed by atoms with E-state index in [9.17, 15) is 0 Å². The van der Waals surface area contributed by atoms with Gasteiger partial charge in [-0.2, -0.15) is 0 Å². The molecule has 0 saturated carbocycles. The standard InChI is InChI=1S/C15H18/c1-12(2)8-7-10-14(4)15-11-6-5-9-13(15)3/h5-11H,1H2,2-4H3/b8-7-,14-10+. The summed E-state index contributed by atoms with van der Waals surface area (Å²) in [6, 6.07) is 8.42. The summed E-state index contributed by atoms with van der Waals surface area (Å²) in [4.78, 5) is 0. The van der Waals surface area contributed by atoms with Crippen molar-refractivity contribution in [3.63, 3.8) is 0 Å². The van der Waals surface area contributed by atoms with Gasteiger partial charge in [0.25, 0.3) is 0 Å². The Hall–Kier alpha value is -1.56. The second kappa shape index (κ2) is 5.35. The van der Waals surface area contributed by atoms with Gasteiger partial charge in [-0.15, -0.1) is 0 Å². The molecule has 0 radical (unpaired) electrons. The van der Waals surface area contributed by atoms with Crippen LogP contribution in [-0.2, 0) is 0 Å². The molecule has 0 heteroatoms. The summed E-state index contributed by atoms with van der Waals surface area (Å²) in [6.45, 7) is 10.1. The van der Waals surface area contributed by atoms with Gasteiger partial charge in [-0.3, -0.25) is 0 Å². The molecule has 0 aliphatic heterocycles. The maximum atomic E-state index is 3.83. The number of hydrogen-bond acceptors (Lipinski definition) is 0. The van der Waals surface area contributed by atoms with E-state index in [0.29, 0.717) is 0 Å². The van der Waals surface area contributed by atoms with Crippen LogP contribution in [0.25, 0.3) is 5.57 Å². The first kappa shape index (κ1) is 11.5. The van der Waals surface area contributed by atoms with Crippen LogP contribution in [-0.4, -0.2) is 0 Å². The first-order valence-corrected chi connectivity index (χ1v) is 5.17. The molecule has 0 bridgehead atoms. The minimum absolute atomic E-state index is 1.07. The molecule has 1 aromatic carbocycles. The Labute approximate surface area is 92.6 Å². The number of aryl methyl sites for hydroxylation is 1. The van der Waals surface area contributed by atoms with Crippen molar-refractivity contribution in [2.75, 3.05) is 0 Å². The molecule has 0 nitrogen and oxygen atoms in total. The van der Waals surface area contributed by atoms with Gasteiger partial charge in [0.15, 0.2) is 0 Å². The average molecular weight is 198 g/mol. The topological polar surface area (TPSA) is 0 Å². The molecule has 1 rings (SSSR count). The van der Waals surface area contributed by atoms with Crippen molar-refractivity contribution in [3.05, 3.63) is 65.8 Å². The highest BCUT2D eigenvalue weighted by atomic mass is 14.0. The summed E-state index contributed by atoms with van der Waals surface area (Å²) in [7, 11) is 0. The fraction of sp³-hybridized carbons (Fsp3) is 0.200. The van der Waals surface area contributed by atoms with Crippen LogP contribution in [0, 0.1) is 6.92 Å². The lowest BCUT2D eigenvalue weighted by molar-refractivity contribution is 1.41. The molecule has 0 fully saturated rings. The predicted molar refractivity (Wildman–Crippen MR) is 68.8 cm³/mol. The van der Waals surface area contributed by atoms with E-state index in [0.717, 1.165) is 5.57 Å². The fourth-order valence-electron chi connectivity index (χ4n) is 1.46. The molecule has 0 saturated heterocycles. The third-order valence-corrected chi connectivity index (χ3v) is 2.30. The third kappa shape index (κ3) is 3.59. The predicted octanol–water partition coefficient (Wildman–Crippen LogP) is 4.53. The molecule has 0 atom stereocenters. The zero-order valence-electron chi connectivity index (χ0n) is 9.75. The molecule has 1 aromatic rings. The molecule has 0 N–H and O–H groups in total. The quantitative estimate of drug-likeness (QED) is 0.626. The first-order chi connectivity index (χ1) is 7.11. The lowest BCUT2D eigenvalue weighted by Gasteiger charge is -2.04. The SMILES string of the molecule is C=C(C)/C=C\C=C(/C)c1ccccc1C. The van der Waals surface area contributed by atoms with Crippen molar-refractivity contribution in [2.45, 2.75) is 20.8 Å². The molecule has 78 valence electrons. The molecule has 0 amide bonds. The number of allylic oxidation sites excluding steroid dienone is 5. The van der Waals surface area contributed by atoms with Crippen molar-refractivity contribution < 1.29 is 0 Å². The Bertz CT molecular complexity index is 406. The third-order valence-electron chi connectivity index (χ3n) is 2.30. The molecule has 0 aliphatic rings. The van der Waals surface area contributed by atoms with Crippen LogP contribution in [0.15, 0.2) is 54.6 Å². The fourth-order valence-corrected chi connectivity index (χ4v) is 1.46. The Kier molecular flexibility index (Phi) is 4.11. The van der Waals surface area contributed by atoms with Crippen LogP contribution in [0.2, 0.25) is 0 Å².